The van der Waals surface area contributed by atoms with Crippen molar-refractivity contribution in [1.82, 2.24) is 19.9 Å². The zero-order valence-electron chi connectivity index (χ0n) is 17.7. The third-order valence-corrected chi connectivity index (χ3v) is 4.90. The molecule has 0 aliphatic rings. The number of amides is 1. The zero-order chi connectivity index (χ0) is 22.5. The highest BCUT2D eigenvalue weighted by molar-refractivity contribution is 5.95. The van der Waals surface area contributed by atoms with Gasteiger partial charge in [0.2, 0.25) is 5.69 Å². The highest BCUT2D eigenvalue weighted by atomic mass is 16.5. The summed E-state index contributed by atoms with van der Waals surface area (Å²) >= 11 is 0. The van der Waals surface area contributed by atoms with Crippen molar-refractivity contribution >= 4 is 18.0 Å². The maximum Gasteiger partial charge on any atom is 0.251 e. The van der Waals surface area contributed by atoms with E-state index in [2.05, 4.69) is 21.5 Å². The number of hydrogen-bond acceptors (Lipinski definition) is 6. The lowest BCUT2D eigenvalue weighted by Crippen LogP contribution is -2.37. The SMILES string of the molecule is Cc1cc[n+](C)c(CNC(=O)c2ccn3c(-c4c(C)noc4C)cnc3c2)c1.O=C[O-]. The molecule has 9 heteroatoms. The Morgan fingerprint density at radius 2 is 2.03 bits per heavy atom. The predicted octanol–water partition coefficient (Wildman–Crippen LogP) is 1.04. The first-order chi connectivity index (χ1) is 14.8. The van der Waals surface area contributed by atoms with Crippen LogP contribution in [0.3, 0.4) is 0 Å². The third kappa shape index (κ3) is 4.61. The van der Waals surface area contributed by atoms with E-state index in [-0.39, 0.29) is 5.91 Å². The molecule has 0 spiro atoms. The number of aryl methyl sites for hydroxylation is 4. The molecule has 0 aliphatic carbocycles. The monoisotopic (exact) mass is 421 g/mol. The van der Waals surface area contributed by atoms with E-state index in [9.17, 15) is 4.79 Å². The number of nitrogens with one attached hydrogen (secondary N) is 1. The number of hydrogen-bond donors (Lipinski definition) is 1. The number of imidazole rings is 1. The summed E-state index contributed by atoms with van der Waals surface area (Å²) in [6.45, 7) is 5.77. The van der Waals surface area contributed by atoms with E-state index in [1.807, 2.05) is 55.2 Å². The van der Waals surface area contributed by atoms with Gasteiger partial charge in [-0.2, -0.15) is 0 Å². The molecule has 4 aromatic rings. The fraction of sp³-hybridized carbons (Fsp3) is 0.227. The van der Waals surface area contributed by atoms with Gasteiger partial charge >= 0.3 is 0 Å². The molecule has 0 atom stereocenters. The fourth-order valence-electron chi connectivity index (χ4n) is 3.34. The van der Waals surface area contributed by atoms with Crippen LogP contribution in [0.25, 0.3) is 16.9 Å². The quantitative estimate of drug-likeness (QED) is 0.389. The topological polar surface area (TPSA) is 116 Å². The van der Waals surface area contributed by atoms with Crippen LogP contribution < -0.4 is 15.0 Å². The molecule has 0 bridgehead atoms. The largest absolute Gasteiger partial charge is 0.554 e. The van der Waals surface area contributed by atoms with E-state index >= 15 is 0 Å². The summed E-state index contributed by atoms with van der Waals surface area (Å²) < 4.78 is 9.20. The maximum atomic E-state index is 12.6. The molecule has 1 amide bonds. The maximum absolute atomic E-state index is 12.6. The van der Waals surface area contributed by atoms with Gasteiger partial charge in [-0.1, -0.05) is 5.16 Å². The Morgan fingerprint density at radius 1 is 1.29 bits per heavy atom. The van der Waals surface area contributed by atoms with Crippen LogP contribution in [0.1, 0.15) is 33.1 Å². The number of rotatable bonds is 4. The van der Waals surface area contributed by atoms with Gasteiger partial charge in [-0.05, 0) is 38.5 Å². The smallest absolute Gasteiger partial charge is 0.251 e. The van der Waals surface area contributed by atoms with Crippen LogP contribution in [0.2, 0.25) is 0 Å². The summed E-state index contributed by atoms with van der Waals surface area (Å²) in [7, 11) is 1.97. The minimum Gasteiger partial charge on any atom is -0.554 e. The lowest BCUT2D eigenvalue weighted by molar-refractivity contribution is -0.679. The molecule has 0 radical (unpaired) electrons. The van der Waals surface area contributed by atoms with E-state index in [4.69, 9.17) is 14.4 Å². The fourth-order valence-corrected chi connectivity index (χ4v) is 3.34. The molecule has 4 rings (SSSR count). The van der Waals surface area contributed by atoms with Gasteiger partial charge in [0.15, 0.2) is 6.20 Å². The van der Waals surface area contributed by atoms with Crippen molar-refractivity contribution in [2.24, 2.45) is 7.05 Å². The molecular weight excluding hydrogens is 398 g/mol. The first kappa shape index (κ1) is 21.7. The Kier molecular flexibility index (Phi) is 6.44. The summed E-state index contributed by atoms with van der Waals surface area (Å²) in [6.07, 6.45) is 5.62. The first-order valence-corrected chi connectivity index (χ1v) is 9.55. The number of carbonyl (C=O) groups excluding carboxylic acids is 2. The molecule has 0 aromatic carbocycles. The van der Waals surface area contributed by atoms with Gasteiger partial charge < -0.3 is 19.7 Å². The molecule has 0 fully saturated rings. The van der Waals surface area contributed by atoms with Crippen molar-refractivity contribution in [3.8, 4) is 11.3 Å². The van der Waals surface area contributed by atoms with E-state index in [0.29, 0.717) is 17.8 Å². The molecule has 4 aromatic heterocycles. The van der Waals surface area contributed by atoms with Gasteiger partial charge in [-0.3, -0.25) is 9.20 Å². The lowest BCUT2D eigenvalue weighted by Gasteiger charge is -2.06. The lowest BCUT2D eigenvalue weighted by atomic mass is 10.1. The van der Waals surface area contributed by atoms with Gasteiger partial charge in [-0.15, -0.1) is 0 Å². The molecule has 4 heterocycles. The molecule has 160 valence electrons. The summed E-state index contributed by atoms with van der Waals surface area (Å²) in [6, 6.07) is 7.68. The van der Waals surface area contributed by atoms with Crippen LogP contribution in [0, 0.1) is 20.8 Å². The van der Waals surface area contributed by atoms with Crippen LogP contribution in [0.4, 0.5) is 0 Å². The molecule has 31 heavy (non-hydrogen) atoms. The molecule has 9 nitrogen and oxygen atoms in total. The van der Waals surface area contributed by atoms with Crippen molar-refractivity contribution in [1.29, 1.82) is 0 Å². The van der Waals surface area contributed by atoms with Crippen molar-refractivity contribution in [2.75, 3.05) is 0 Å². The Morgan fingerprint density at radius 3 is 2.71 bits per heavy atom. The van der Waals surface area contributed by atoms with Crippen LogP contribution in [0.5, 0.6) is 0 Å². The number of carboxylic acid groups (broad SMARTS) is 1. The number of aromatic nitrogens is 4. The minimum absolute atomic E-state index is 0.133. The first-order valence-electron chi connectivity index (χ1n) is 9.55. The van der Waals surface area contributed by atoms with Gasteiger partial charge in [0.05, 0.1) is 23.1 Å². The Hall–Kier alpha value is -4.01. The van der Waals surface area contributed by atoms with E-state index in [1.165, 1.54) is 0 Å². The Balaban J connectivity index is 0.000000858. The van der Waals surface area contributed by atoms with Gasteiger partial charge in [0.25, 0.3) is 5.91 Å². The third-order valence-electron chi connectivity index (χ3n) is 4.90. The second-order valence-corrected chi connectivity index (χ2v) is 7.07. The molecule has 0 saturated heterocycles. The second-order valence-electron chi connectivity index (χ2n) is 7.07. The number of pyridine rings is 2. The van der Waals surface area contributed by atoms with Crippen molar-refractivity contribution in [2.45, 2.75) is 27.3 Å². The van der Waals surface area contributed by atoms with Gasteiger partial charge in [0.1, 0.15) is 25.0 Å². The average Bonchev–Trinajstić information content (AvgIpc) is 3.30. The summed E-state index contributed by atoms with van der Waals surface area (Å²) in [5.74, 6) is 0.609. The van der Waals surface area contributed by atoms with E-state index in [1.54, 1.807) is 18.3 Å². The van der Waals surface area contributed by atoms with Crippen molar-refractivity contribution in [3.05, 3.63) is 71.1 Å². The van der Waals surface area contributed by atoms with Crippen molar-refractivity contribution in [3.63, 3.8) is 0 Å². The van der Waals surface area contributed by atoms with Gasteiger partial charge in [0, 0.05) is 30.4 Å². The number of carbonyl (C=O) groups is 2. The summed E-state index contributed by atoms with van der Waals surface area (Å²) in [5.41, 5.74) is 6.10. The molecule has 0 aliphatic heterocycles. The van der Waals surface area contributed by atoms with Gasteiger partial charge in [-0.25, -0.2) is 9.55 Å². The van der Waals surface area contributed by atoms with E-state index in [0.717, 1.165) is 34.0 Å². The molecule has 1 N–H and O–H groups in total. The summed E-state index contributed by atoms with van der Waals surface area (Å²) in [5, 5.41) is 15.2. The van der Waals surface area contributed by atoms with Crippen LogP contribution in [0.15, 0.2) is 47.4 Å². The van der Waals surface area contributed by atoms with Crippen LogP contribution in [-0.4, -0.2) is 26.9 Å². The second kappa shape index (κ2) is 9.21. The Labute approximate surface area is 179 Å². The van der Waals surface area contributed by atoms with Crippen LogP contribution in [-0.2, 0) is 18.4 Å². The van der Waals surface area contributed by atoms with E-state index < -0.39 is 6.47 Å². The molecule has 0 unspecified atom stereocenters. The Bertz CT molecular complexity index is 1220. The molecule has 0 saturated carbocycles. The summed E-state index contributed by atoms with van der Waals surface area (Å²) in [4.78, 5) is 25.3. The molecular formula is C22H23N5O4. The van der Waals surface area contributed by atoms with Crippen molar-refractivity contribution < 1.29 is 23.8 Å². The predicted molar refractivity (Wildman–Crippen MR) is 110 cm³/mol. The van der Waals surface area contributed by atoms with Crippen LogP contribution >= 0.6 is 0 Å². The zero-order valence-corrected chi connectivity index (χ0v) is 17.7. The number of nitrogens with zero attached hydrogens (tertiary/aromatic N) is 4. The number of fused-ring (bicyclic) bond motifs is 1. The normalized spacial score (nSPS) is 10.5. The highest BCUT2D eigenvalue weighted by Crippen LogP contribution is 2.27. The minimum atomic E-state index is -0.500. The standard InChI is InChI=1S/C21H21N5O2.CH2O2/c1-13-5-7-25(4)17(9-13)11-23-21(27)16-6-8-26-18(12-22-19(26)10-16)20-14(2)24-28-15(20)3;2-1-3/h5-10,12H,11H2,1-4H3;1H,(H,2,3). The highest BCUT2D eigenvalue weighted by Gasteiger charge is 2.17. The average molecular weight is 421 g/mol.